The van der Waals surface area contributed by atoms with E-state index in [1.807, 2.05) is 0 Å². The number of carbonyl (C=O) groups excluding carboxylic acids is 4. The predicted octanol–water partition coefficient (Wildman–Crippen LogP) is 1.68. The average Bonchev–Trinajstić information content (AvgIpc) is 2.98. The van der Waals surface area contributed by atoms with E-state index in [1.165, 1.54) is 25.3 Å². The van der Waals surface area contributed by atoms with Crippen LogP contribution in [0.2, 0.25) is 0 Å². The molecule has 0 radical (unpaired) electrons. The van der Waals surface area contributed by atoms with Crippen LogP contribution in [0.4, 0.5) is 0 Å². The van der Waals surface area contributed by atoms with Gasteiger partial charge in [0.15, 0.2) is 23.0 Å². The standard InChI is InChI=1S/C30H33NO11S/c1-4-19(33)43-11-18(32)30(39)9-14-22(17(10-30)42-20-8-15(31)25(34)12(2)41-20)29(38)24-23(27(14)36)26(35)13-6-5-7-16(40-3)21(13)28(24)37/h5-7,12,15,17,20,25,34,36,38-39H,4,8-11,31H2,1-3H3/t12-,15-,17?,20-,25+,30?/m0/s1. The molecule has 230 valence electrons. The normalized spacial score (nSPS) is 28.1. The second-order valence-electron chi connectivity index (χ2n) is 11.0. The predicted molar refractivity (Wildman–Crippen MR) is 152 cm³/mol. The fourth-order valence-electron chi connectivity index (χ4n) is 5.99. The van der Waals surface area contributed by atoms with Crippen LogP contribution in [0.3, 0.4) is 0 Å². The fraction of sp³-hybridized carbons (Fsp3) is 0.467. The molecular weight excluding hydrogens is 582 g/mol. The van der Waals surface area contributed by atoms with E-state index >= 15 is 0 Å². The van der Waals surface area contributed by atoms with E-state index in [0.717, 1.165) is 11.8 Å². The molecule has 6 N–H and O–H groups in total. The summed E-state index contributed by atoms with van der Waals surface area (Å²) in [6.45, 7) is 3.23. The van der Waals surface area contributed by atoms with Gasteiger partial charge in [0.25, 0.3) is 0 Å². The minimum absolute atomic E-state index is 0.0181. The molecule has 3 aliphatic rings. The molecule has 0 aromatic heterocycles. The Hall–Kier alpha value is -3.33. The van der Waals surface area contributed by atoms with Gasteiger partial charge in [-0.15, -0.1) is 0 Å². The zero-order valence-corrected chi connectivity index (χ0v) is 24.6. The van der Waals surface area contributed by atoms with E-state index in [2.05, 4.69) is 0 Å². The molecule has 2 aliphatic carbocycles. The lowest BCUT2D eigenvalue weighted by Gasteiger charge is -2.42. The Kier molecular flexibility index (Phi) is 8.42. The molecule has 2 aromatic rings. The summed E-state index contributed by atoms with van der Waals surface area (Å²) in [5.74, 6) is -3.85. The van der Waals surface area contributed by atoms with Crippen molar-refractivity contribution in [3.8, 4) is 17.2 Å². The van der Waals surface area contributed by atoms with Crippen molar-refractivity contribution in [2.24, 2.45) is 5.73 Å². The lowest BCUT2D eigenvalue weighted by atomic mass is 9.72. The van der Waals surface area contributed by atoms with Crippen molar-refractivity contribution in [1.82, 2.24) is 0 Å². The third-order valence-corrected chi connectivity index (χ3v) is 9.33. The number of ether oxygens (including phenoxy) is 3. The molecule has 12 nitrogen and oxygen atoms in total. The van der Waals surface area contributed by atoms with E-state index in [9.17, 15) is 39.6 Å². The van der Waals surface area contributed by atoms with Gasteiger partial charge >= 0.3 is 0 Å². The molecule has 5 rings (SSSR count). The smallest absolute Gasteiger partial charge is 0.202 e. The first kappa shape index (κ1) is 31.1. The number of phenolic OH excluding ortho intramolecular Hbond substituents is 2. The van der Waals surface area contributed by atoms with E-state index in [-0.39, 0.29) is 51.7 Å². The first-order valence-corrected chi connectivity index (χ1v) is 14.8. The van der Waals surface area contributed by atoms with Crippen molar-refractivity contribution in [3.63, 3.8) is 0 Å². The van der Waals surface area contributed by atoms with Crippen molar-refractivity contribution < 1.29 is 53.8 Å². The topological polar surface area (TPSA) is 203 Å². The Morgan fingerprint density at radius 2 is 1.84 bits per heavy atom. The van der Waals surface area contributed by atoms with Crippen LogP contribution >= 0.6 is 11.8 Å². The number of methoxy groups -OCH3 is 1. The first-order valence-electron chi connectivity index (χ1n) is 13.9. The summed E-state index contributed by atoms with van der Waals surface area (Å²) in [7, 11) is 1.33. The monoisotopic (exact) mass is 615 g/mol. The third kappa shape index (κ3) is 5.23. The number of phenols is 2. The lowest BCUT2D eigenvalue weighted by Crippen LogP contribution is -2.53. The van der Waals surface area contributed by atoms with Crippen LogP contribution in [0.25, 0.3) is 0 Å². The molecule has 6 atom stereocenters. The van der Waals surface area contributed by atoms with Crippen LogP contribution in [0.5, 0.6) is 17.2 Å². The molecule has 0 spiro atoms. The molecule has 43 heavy (non-hydrogen) atoms. The Labute approximate surface area is 251 Å². The molecule has 0 amide bonds. The zero-order valence-electron chi connectivity index (χ0n) is 23.8. The van der Waals surface area contributed by atoms with Gasteiger partial charge in [-0.2, -0.15) is 0 Å². The molecular formula is C30H33NO11S. The Morgan fingerprint density at radius 3 is 2.49 bits per heavy atom. The van der Waals surface area contributed by atoms with Gasteiger partial charge in [-0.05, 0) is 13.0 Å². The minimum atomic E-state index is -2.18. The molecule has 0 saturated carbocycles. The first-order chi connectivity index (χ1) is 20.3. The van der Waals surface area contributed by atoms with E-state index < -0.39 is 89.1 Å². The van der Waals surface area contributed by atoms with Gasteiger partial charge in [0.2, 0.25) is 5.78 Å². The van der Waals surface area contributed by atoms with Crippen molar-refractivity contribution in [2.75, 3.05) is 12.9 Å². The van der Waals surface area contributed by atoms with Crippen LogP contribution < -0.4 is 10.5 Å². The summed E-state index contributed by atoms with van der Waals surface area (Å²) in [5.41, 5.74) is 2.57. The van der Waals surface area contributed by atoms with E-state index in [4.69, 9.17) is 19.9 Å². The quantitative estimate of drug-likeness (QED) is 0.240. The van der Waals surface area contributed by atoms with Gasteiger partial charge in [0.05, 0.1) is 47.9 Å². The van der Waals surface area contributed by atoms with Gasteiger partial charge in [-0.3, -0.25) is 19.2 Å². The molecule has 2 aromatic carbocycles. The van der Waals surface area contributed by atoms with Crippen LogP contribution in [0.15, 0.2) is 18.2 Å². The summed E-state index contributed by atoms with van der Waals surface area (Å²) < 4.78 is 17.2. The third-order valence-electron chi connectivity index (χ3n) is 8.31. The summed E-state index contributed by atoms with van der Waals surface area (Å²) in [5, 5.41) is 44.8. The number of benzene rings is 2. The van der Waals surface area contributed by atoms with Crippen LogP contribution in [-0.2, 0) is 25.5 Å². The van der Waals surface area contributed by atoms with Gasteiger partial charge in [0.1, 0.15) is 22.8 Å². The largest absolute Gasteiger partial charge is 0.507 e. The minimum Gasteiger partial charge on any atom is -0.507 e. The van der Waals surface area contributed by atoms with Gasteiger partial charge in [-0.1, -0.05) is 30.8 Å². The summed E-state index contributed by atoms with van der Waals surface area (Å²) >= 11 is 0.742. The van der Waals surface area contributed by atoms with Crippen LogP contribution in [0, 0.1) is 0 Å². The van der Waals surface area contributed by atoms with E-state index in [0.29, 0.717) is 0 Å². The number of ketones is 3. The summed E-state index contributed by atoms with van der Waals surface area (Å²) in [4.78, 5) is 52.6. The molecule has 1 aliphatic heterocycles. The van der Waals surface area contributed by atoms with Gasteiger partial charge in [0, 0.05) is 48.4 Å². The highest BCUT2D eigenvalue weighted by Gasteiger charge is 2.50. The van der Waals surface area contributed by atoms with Crippen molar-refractivity contribution in [2.45, 2.75) is 75.8 Å². The van der Waals surface area contributed by atoms with E-state index in [1.54, 1.807) is 13.8 Å². The van der Waals surface area contributed by atoms with Gasteiger partial charge < -0.3 is 40.4 Å². The maximum absolute atomic E-state index is 13.8. The number of nitrogens with two attached hydrogens (primary N) is 1. The number of aliphatic hydroxyl groups excluding tert-OH is 1. The maximum Gasteiger partial charge on any atom is 0.202 e. The number of hydrogen-bond donors (Lipinski definition) is 5. The molecule has 2 unspecified atom stereocenters. The number of rotatable bonds is 7. The number of carbonyl (C=O) groups is 4. The molecule has 13 heteroatoms. The van der Waals surface area contributed by atoms with Gasteiger partial charge in [-0.25, -0.2) is 0 Å². The highest BCUT2D eigenvalue weighted by atomic mass is 32.2. The molecule has 1 heterocycles. The van der Waals surface area contributed by atoms with Crippen LogP contribution in [0.1, 0.15) is 82.2 Å². The second-order valence-corrected chi connectivity index (χ2v) is 12.0. The fourth-order valence-corrected chi connectivity index (χ4v) is 6.75. The Balaban J connectivity index is 1.64. The lowest BCUT2D eigenvalue weighted by molar-refractivity contribution is -0.247. The average molecular weight is 616 g/mol. The van der Waals surface area contributed by atoms with Crippen LogP contribution in [-0.4, -0.2) is 85.9 Å². The number of hydrogen-bond acceptors (Lipinski definition) is 13. The number of thioether (sulfide) groups is 1. The molecule has 0 bridgehead atoms. The summed E-state index contributed by atoms with van der Waals surface area (Å²) in [6.07, 6.45) is -4.86. The maximum atomic E-state index is 13.8. The Morgan fingerprint density at radius 1 is 1.14 bits per heavy atom. The number of aliphatic hydroxyl groups is 2. The number of fused-ring (bicyclic) bond motifs is 3. The SMILES string of the molecule is CCC(=O)SCC(=O)C1(O)Cc2c(O)c3c(c(O)c2C(O[C@H]2C[C@H](N)[C@H](O)[C@H](C)O2)C1)C(=O)c1c(OC)cccc1C3=O. The molecule has 1 saturated heterocycles. The van der Waals surface area contributed by atoms with Crippen molar-refractivity contribution in [1.29, 1.82) is 0 Å². The van der Waals surface area contributed by atoms with Crippen molar-refractivity contribution >= 4 is 34.2 Å². The van der Waals surface area contributed by atoms with Crippen molar-refractivity contribution in [3.05, 3.63) is 51.6 Å². The second kappa shape index (κ2) is 11.6. The highest BCUT2D eigenvalue weighted by Crippen LogP contribution is 2.52. The number of aromatic hydroxyl groups is 2. The molecule has 1 fully saturated rings. The highest BCUT2D eigenvalue weighted by molar-refractivity contribution is 8.14. The Bertz CT molecular complexity index is 1510. The zero-order chi connectivity index (χ0) is 31.4. The summed E-state index contributed by atoms with van der Waals surface area (Å²) in [6, 6.07) is 3.65. The number of Topliss-reactive ketones (excluding diaryl/α,β-unsaturated/α-hetero) is 1.